The number of ether oxygens (including phenoxy) is 1. The van der Waals surface area contributed by atoms with Gasteiger partial charge in [-0.2, -0.15) is 5.26 Å². The number of thioether (sulfide) groups is 1. The van der Waals surface area contributed by atoms with E-state index in [2.05, 4.69) is 16.3 Å². The molecule has 0 spiro atoms. The van der Waals surface area contributed by atoms with E-state index in [-0.39, 0.29) is 11.6 Å². The van der Waals surface area contributed by atoms with Gasteiger partial charge in [-0.15, -0.1) is 10.2 Å². The van der Waals surface area contributed by atoms with Crippen LogP contribution < -0.4 is 4.74 Å². The first-order valence-corrected chi connectivity index (χ1v) is 8.50. The molecule has 3 aromatic rings. The minimum Gasteiger partial charge on any atom is -0.478 e. The summed E-state index contributed by atoms with van der Waals surface area (Å²) >= 11 is 1.38. The van der Waals surface area contributed by atoms with Crippen molar-refractivity contribution in [3.8, 4) is 11.8 Å². The number of nitrogens with zero attached hydrogens (tertiary/aromatic N) is 3. The van der Waals surface area contributed by atoms with Gasteiger partial charge in [-0.25, -0.2) is 4.39 Å². The number of aromatic nitrogens is 2. The summed E-state index contributed by atoms with van der Waals surface area (Å²) in [5, 5.41) is 17.1. The maximum Gasteiger partial charge on any atom is 0.277 e. The van der Waals surface area contributed by atoms with Crippen molar-refractivity contribution in [1.29, 1.82) is 5.26 Å². The molecule has 2 aromatic carbocycles. The molecule has 0 N–H and O–H groups in total. The van der Waals surface area contributed by atoms with Crippen LogP contribution in [-0.2, 0) is 5.75 Å². The molecule has 0 fully saturated rings. The number of halogens is 1. The highest BCUT2D eigenvalue weighted by atomic mass is 32.2. The third kappa shape index (κ3) is 4.37. The van der Waals surface area contributed by atoms with Gasteiger partial charge in [0, 0.05) is 5.75 Å². The lowest BCUT2D eigenvalue weighted by Gasteiger charge is -2.11. The monoisotopic (exact) mass is 355 g/mol. The van der Waals surface area contributed by atoms with Crippen LogP contribution in [-0.4, -0.2) is 10.2 Å². The molecule has 0 aliphatic rings. The Morgan fingerprint density at radius 1 is 1.20 bits per heavy atom. The third-order valence-electron chi connectivity index (χ3n) is 3.36. The van der Waals surface area contributed by atoms with E-state index in [0.717, 1.165) is 5.56 Å². The van der Waals surface area contributed by atoms with Crippen LogP contribution >= 0.6 is 11.8 Å². The normalized spacial score (nSPS) is 11.7. The smallest absolute Gasteiger partial charge is 0.277 e. The third-order valence-corrected chi connectivity index (χ3v) is 4.25. The molecule has 0 saturated heterocycles. The van der Waals surface area contributed by atoms with Crippen molar-refractivity contribution in [1.82, 2.24) is 10.2 Å². The Kier molecular flexibility index (Phi) is 5.31. The average molecular weight is 355 g/mol. The fourth-order valence-electron chi connectivity index (χ4n) is 2.04. The van der Waals surface area contributed by atoms with E-state index in [4.69, 9.17) is 14.4 Å². The van der Waals surface area contributed by atoms with Crippen molar-refractivity contribution in [2.45, 2.75) is 24.0 Å². The van der Waals surface area contributed by atoms with Crippen LogP contribution in [0.3, 0.4) is 0 Å². The first-order chi connectivity index (χ1) is 12.2. The lowest BCUT2D eigenvalue weighted by molar-refractivity contribution is 0.174. The van der Waals surface area contributed by atoms with Gasteiger partial charge in [-0.05, 0) is 36.8 Å². The van der Waals surface area contributed by atoms with E-state index in [1.807, 2.05) is 12.1 Å². The number of nitriles is 1. The molecule has 0 bridgehead atoms. The van der Waals surface area contributed by atoms with Gasteiger partial charge < -0.3 is 9.15 Å². The molecule has 0 amide bonds. The highest BCUT2D eigenvalue weighted by Crippen LogP contribution is 2.27. The van der Waals surface area contributed by atoms with Gasteiger partial charge in [0.2, 0.25) is 0 Å². The highest BCUT2D eigenvalue weighted by molar-refractivity contribution is 7.98. The van der Waals surface area contributed by atoms with E-state index >= 15 is 0 Å². The minimum atomic E-state index is -0.561. The molecule has 0 radical (unpaired) electrons. The zero-order valence-corrected chi connectivity index (χ0v) is 14.2. The molecule has 3 rings (SSSR count). The molecule has 1 aromatic heterocycles. The highest BCUT2D eigenvalue weighted by Gasteiger charge is 2.17. The largest absolute Gasteiger partial charge is 0.478 e. The SMILES string of the molecule is CC(Oc1ccccc1F)c1nnc(SCc2ccc(C#N)cc2)o1. The zero-order chi connectivity index (χ0) is 17.6. The molecule has 1 unspecified atom stereocenters. The average Bonchev–Trinajstić information content (AvgIpc) is 3.11. The Morgan fingerprint density at radius 2 is 1.96 bits per heavy atom. The summed E-state index contributed by atoms with van der Waals surface area (Å²) in [6, 6.07) is 15.5. The van der Waals surface area contributed by atoms with Crippen LogP contribution in [0.25, 0.3) is 0 Å². The first kappa shape index (κ1) is 17.0. The lowest BCUT2D eigenvalue weighted by atomic mass is 10.2. The van der Waals surface area contributed by atoms with Crippen LogP contribution in [0.4, 0.5) is 4.39 Å². The quantitative estimate of drug-likeness (QED) is 0.606. The van der Waals surface area contributed by atoms with Gasteiger partial charge in [0.1, 0.15) is 0 Å². The van der Waals surface area contributed by atoms with Crippen LogP contribution in [0, 0.1) is 17.1 Å². The van der Waals surface area contributed by atoms with Gasteiger partial charge in [-0.1, -0.05) is 36.0 Å². The Labute approximate surface area is 148 Å². The van der Waals surface area contributed by atoms with Crippen LogP contribution in [0.2, 0.25) is 0 Å². The van der Waals surface area contributed by atoms with E-state index in [9.17, 15) is 4.39 Å². The summed E-state index contributed by atoms with van der Waals surface area (Å²) in [6.45, 7) is 1.72. The molecule has 0 aliphatic heterocycles. The van der Waals surface area contributed by atoms with Crippen molar-refractivity contribution in [2.24, 2.45) is 0 Å². The lowest BCUT2D eigenvalue weighted by Crippen LogP contribution is -2.04. The minimum absolute atomic E-state index is 0.139. The summed E-state index contributed by atoms with van der Waals surface area (Å²) in [6.07, 6.45) is -0.561. The standard InChI is InChI=1S/C18H14FN3O2S/c1-12(23-16-5-3-2-4-15(16)19)17-21-22-18(24-17)25-11-14-8-6-13(10-20)7-9-14/h2-9,12H,11H2,1H3. The number of hydrogen-bond donors (Lipinski definition) is 0. The topological polar surface area (TPSA) is 71.9 Å². The fraction of sp³-hybridized carbons (Fsp3) is 0.167. The Balaban J connectivity index is 1.59. The van der Waals surface area contributed by atoms with E-state index in [0.29, 0.717) is 16.5 Å². The van der Waals surface area contributed by atoms with Crippen LogP contribution in [0.15, 0.2) is 58.2 Å². The van der Waals surface area contributed by atoms with Crippen molar-refractivity contribution in [3.05, 3.63) is 71.4 Å². The van der Waals surface area contributed by atoms with Crippen molar-refractivity contribution in [3.63, 3.8) is 0 Å². The number of para-hydroxylation sites is 1. The van der Waals surface area contributed by atoms with Crippen molar-refractivity contribution in [2.75, 3.05) is 0 Å². The number of benzene rings is 2. The molecule has 0 saturated carbocycles. The molecule has 1 atom stereocenters. The van der Waals surface area contributed by atoms with E-state index < -0.39 is 11.9 Å². The summed E-state index contributed by atoms with van der Waals surface area (Å²) in [7, 11) is 0. The second-order valence-corrected chi connectivity index (χ2v) is 6.12. The van der Waals surface area contributed by atoms with E-state index in [1.54, 1.807) is 37.3 Å². The second-order valence-electron chi connectivity index (χ2n) is 5.19. The van der Waals surface area contributed by atoms with Gasteiger partial charge in [0.15, 0.2) is 17.7 Å². The Hall–Kier alpha value is -2.85. The molecular weight excluding hydrogens is 341 g/mol. The summed E-state index contributed by atoms with van der Waals surface area (Å²) in [5.41, 5.74) is 1.66. The molecule has 25 heavy (non-hydrogen) atoms. The number of rotatable bonds is 6. The molecule has 126 valence electrons. The Bertz CT molecular complexity index is 890. The van der Waals surface area contributed by atoms with Gasteiger partial charge >= 0.3 is 0 Å². The maximum atomic E-state index is 13.6. The first-order valence-electron chi connectivity index (χ1n) is 7.52. The predicted molar refractivity (Wildman–Crippen MR) is 90.5 cm³/mol. The fourth-order valence-corrected chi connectivity index (χ4v) is 2.77. The molecule has 0 aliphatic carbocycles. The number of hydrogen-bond acceptors (Lipinski definition) is 6. The van der Waals surface area contributed by atoms with E-state index in [1.165, 1.54) is 17.8 Å². The van der Waals surface area contributed by atoms with Gasteiger partial charge in [0.05, 0.1) is 11.6 Å². The molecule has 1 heterocycles. The van der Waals surface area contributed by atoms with Crippen molar-refractivity contribution >= 4 is 11.8 Å². The second kappa shape index (κ2) is 7.81. The maximum absolute atomic E-state index is 13.6. The van der Waals surface area contributed by atoms with Crippen LogP contribution in [0.1, 0.15) is 30.0 Å². The summed E-state index contributed by atoms with van der Waals surface area (Å²) in [4.78, 5) is 0. The Morgan fingerprint density at radius 3 is 2.68 bits per heavy atom. The summed E-state index contributed by atoms with van der Waals surface area (Å²) < 4.78 is 24.7. The summed E-state index contributed by atoms with van der Waals surface area (Å²) in [5.74, 6) is 0.616. The molecular formula is C18H14FN3O2S. The van der Waals surface area contributed by atoms with Gasteiger partial charge in [-0.3, -0.25) is 0 Å². The molecule has 5 nitrogen and oxygen atoms in total. The predicted octanol–water partition coefficient (Wildman–Crippen LogP) is 4.51. The molecule has 7 heteroatoms. The zero-order valence-electron chi connectivity index (χ0n) is 13.3. The van der Waals surface area contributed by atoms with Crippen molar-refractivity contribution < 1.29 is 13.5 Å². The van der Waals surface area contributed by atoms with Gasteiger partial charge in [0.25, 0.3) is 11.1 Å². The van der Waals surface area contributed by atoms with Crippen LogP contribution in [0.5, 0.6) is 5.75 Å².